The molecule has 1 heterocycles. The van der Waals surface area contributed by atoms with Gasteiger partial charge in [0.25, 0.3) is 5.69 Å². The van der Waals surface area contributed by atoms with E-state index in [1.165, 1.54) is 18.9 Å². The Morgan fingerprint density at radius 3 is 2.89 bits per heavy atom. The van der Waals surface area contributed by atoms with Gasteiger partial charge in [0.05, 0.1) is 17.1 Å². The second-order valence-electron chi connectivity index (χ2n) is 4.98. The number of anilines is 1. The predicted octanol–water partition coefficient (Wildman–Crippen LogP) is 2.86. The van der Waals surface area contributed by atoms with Gasteiger partial charge in [-0.3, -0.25) is 10.1 Å². The average Bonchev–Trinajstić information content (AvgIpc) is 2.46. The van der Waals surface area contributed by atoms with E-state index in [0.717, 1.165) is 25.1 Å². The van der Waals surface area contributed by atoms with E-state index in [1.54, 1.807) is 12.1 Å². The van der Waals surface area contributed by atoms with Crippen LogP contribution in [0.25, 0.3) is 0 Å². The van der Waals surface area contributed by atoms with E-state index in [9.17, 15) is 15.2 Å². The van der Waals surface area contributed by atoms with Crippen LogP contribution in [-0.2, 0) is 6.61 Å². The fourth-order valence-electron chi connectivity index (χ4n) is 2.82. The molecule has 1 N–H and O–H groups in total. The number of nitro groups is 1. The summed E-state index contributed by atoms with van der Waals surface area (Å²) < 4.78 is 0. The molecule has 0 saturated carbocycles. The van der Waals surface area contributed by atoms with E-state index >= 15 is 0 Å². The number of hydrogen-bond acceptors (Lipinski definition) is 4. The molecule has 1 aromatic rings. The molecule has 0 aliphatic carbocycles. The van der Waals surface area contributed by atoms with Crippen LogP contribution in [0.4, 0.5) is 11.4 Å². The van der Waals surface area contributed by atoms with E-state index in [0.29, 0.717) is 11.6 Å². The predicted molar refractivity (Wildman–Crippen MR) is 74.3 cm³/mol. The second kappa shape index (κ2) is 6.02. The molecule has 1 aromatic carbocycles. The summed E-state index contributed by atoms with van der Waals surface area (Å²) in [6.45, 7) is 2.86. The first-order valence-corrected chi connectivity index (χ1v) is 6.82. The largest absolute Gasteiger partial charge is 0.391 e. The molecule has 5 nitrogen and oxygen atoms in total. The zero-order chi connectivity index (χ0) is 13.8. The third-order valence-electron chi connectivity index (χ3n) is 3.86. The van der Waals surface area contributed by atoms with E-state index in [-0.39, 0.29) is 12.3 Å². The molecule has 0 bridgehead atoms. The molecule has 0 aromatic heterocycles. The van der Waals surface area contributed by atoms with Gasteiger partial charge < -0.3 is 10.0 Å². The minimum atomic E-state index is -0.442. The maximum Gasteiger partial charge on any atom is 0.275 e. The lowest BCUT2D eigenvalue weighted by molar-refractivity contribution is -0.385. The monoisotopic (exact) mass is 264 g/mol. The number of aliphatic hydroxyl groups is 1. The van der Waals surface area contributed by atoms with Crippen molar-refractivity contribution in [1.82, 2.24) is 0 Å². The highest BCUT2D eigenvalue weighted by Crippen LogP contribution is 2.30. The normalized spacial score (nSPS) is 19.5. The molecule has 1 saturated heterocycles. The third kappa shape index (κ3) is 2.87. The first-order chi connectivity index (χ1) is 9.17. The summed E-state index contributed by atoms with van der Waals surface area (Å²) in [6.07, 6.45) is 4.64. The van der Waals surface area contributed by atoms with Gasteiger partial charge in [0.15, 0.2) is 0 Å². The summed E-state index contributed by atoms with van der Waals surface area (Å²) in [5.41, 5.74) is 1.38. The fourth-order valence-corrected chi connectivity index (χ4v) is 2.82. The van der Waals surface area contributed by atoms with Crippen molar-refractivity contribution in [3.8, 4) is 0 Å². The van der Waals surface area contributed by atoms with Crippen molar-refractivity contribution >= 4 is 11.4 Å². The molecule has 0 spiro atoms. The summed E-state index contributed by atoms with van der Waals surface area (Å²) in [6, 6.07) is 5.56. The summed E-state index contributed by atoms with van der Waals surface area (Å²) in [7, 11) is 0. The Bertz CT molecular complexity index is 462. The van der Waals surface area contributed by atoms with E-state index in [4.69, 9.17) is 0 Å². The number of benzene rings is 1. The van der Waals surface area contributed by atoms with Gasteiger partial charge in [-0.2, -0.15) is 0 Å². The van der Waals surface area contributed by atoms with Crippen LogP contribution < -0.4 is 4.90 Å². The molecule has 104 valence electrons. The van der Waals surface area contributed by atoms with E-state index < -0.39 is 4.92 Å². The Morgan fingerprint density at radius 2 is 2.26 bits per heavy atom. The van der Waals surface area contributed by atoms with Crippen LogP contribution in [0.5, 0.6) is 0 Å². The van der Waals surface area contributed by atoms with Gasteiger partial charge in [0.1, 0.15) is 0 Å². The van der Waals surface area contributed by atoms with Crippen LogP contribution in [0.2, 0.25) is 0 Å². The van der Waals surface area contributed by atoms with Gasteiger partial charge in [0, 0.05) is 24.3 Å². The molecule has 0 radical (unpaired) electrons. The minimum absolute atomic E-state index is 0.00342. The summed E-state index contributed by atoms with van der Waals surface area (Å²) in [4.78, 5) is 12.7. The van der Waals surface area contributed by atoms with Crippen LogP contribution in [0, 0.1) is 10.1 Å². The number of piperidine rings is 1. The molecular weight excluding hydrogens is 244 g/mol. The molecular formula is C14H20N2O3. The van der Waals surface area contributed by atoms with Crippen molar-refractivity contribution in [3.63, 3.8) is 0 Å². The van der Waals surface area contributed by atoms with Crippen molar-refractivity contribution in [1.29, 1.82) is 0 Å². The van der Waals surface area contributed by atoms with Gasteiger partial charge >= 0.3 is 0 Å². The lowest BCUT2D eigenvalue weighted by Crippen LogP contribution is -2.39. The molecule has 1 unspecified atom stereocenters. The summed E-state index contributed by atoms with van der Waals surface area (Å²) >= 11 is 0. The van der Waals surface area contributed by atoms with Gasteiger partial charge in [-0.1, -0.05) is 6.92 Å². The summed E-state index contributed by atoms with van der Waals surface area (Å²) in [5.74, 6) is 0. The number of rotatable bonds is 4. The molecule has 2 rings (SSSR count). The van der Waals surface area contributed by atoms with Crippen molar-refractivity contribution in [2.75, 3.05) is 11.4 Å². The minimum Gasteiger partial charge on any atom is -0.391 e. The van der Waals surface area contributed by atoms with E-state index in [2.05, 4.69) is 11.8 Å². The number of hydrogen-bond donors (Lipinski definition) is 1. The highest BCUT2D eigenvalue weighted by molar-refractivity contribution is 5.56. The average molecular weight is 264 g/mol. The first-order valence-electron chi connectivity index (χ1n) is 6.82. The number of aliphatic hydroxyl groups excluding tert-OH is 1. The zero-order valence-corrected chi connectivity index (χ0v) is 11.2. The maximum atomic E-state index is 10.9. The van der Waals surface area contributed by atoms with Crippen LogP contribution in [0.15, 0.2) is 18.2 Å². The Kier molecular flexibility index (Phi) is 4.37. The maximum absolute atomic E-state index is 10.9. The standard InChI is InChI=1S/C14H20N2O3/c1-2-12-5-3-4-8-15(12)13-6-7-14(16(18)19)11(9-13)10-17/h6-7,9,12,17H,2-5,8,10H2,1H3. The number of nitrogens with zero attached hydrogens (tertiary/aromatic N) is 2. The quantitative estimate of drug-likeness (QED) is 0.670. The van der Waals surface area contributed by atoms with Gasteiger partial charge in [0.2, 0.25) is 0 Å². The Morgan fingerprint density at radius 1 is 1.47 bits per heavy atom. The molecule has 5 heteroatoms. The van der Waals surface area contributed by atoms with Crippen molar-refractivity contribution in [2.45, 2.75) is 45.3 Å². The fraction of sp³-hybridized carbons (Fsp3) is 0.571. The lowest BCUT2D eigenvalue weighted by Gasteiger charge is -2.37. The van der Waals surface area contributed by atoms with Crippen molar-refractivity contribution in [2.24, 2.45) is 0 Å². The lowest BCUT2D eigenvalue weighted by atomic mass is 9.98. The molecule has 1 aliphatic heterocycles. The topological polar surface area (TPSA) is 66.6 Å². The van der Waals surface area contributed by atoms with Crippen LogP contribution in [0.1, 0.15) is 38.2 Å². The van der Waals surface area contributed by atoms with Crippen LogP contribution >= 0.6 is 0 Å². The molecule has 1 atom stereocenters. The van der Waals surface area contributed by atoms with Gasteiger partial charge in [-0.05, 0) is 37.8 Å². The molecule has 1 aliphatic rings. The van der Waals surface area contributed by atoms with Crippen LogP contribution in [0.3, 0.4) is 0 Å². The van der Waals surface area contributed by atoms with Crippen LogP contribution in [-0.4, -0.2) is 22.6 Å². The number of nitro benzene ring substituents is 1. The SMILES string of the molecule is CCC1CCCCN1c1ccc([N+](=O)[O-])c(CO)c1. The van der Waals surface area contributed by atoms with Gasteiger partial charge in [-0.15, -0.1) is 0 Å². The third-order valence-corrected chi connectivity index (χ3v) is 3.86. The molecule has 1 fully saturated rings. The summed E-state index contributed by atoms with van der Waals surface area (Å²) in [5, 5.41) is 20.2. The second-order valence-corrected chi connectivity index (χ2v) is 4.98. The van der Waals surface area contributed by atoms with Gasteiger partial charge in [-0.25, -0.2) is 0 Å². The van der Waals surface area contributed by atoms with Crippen molar-refractivity contribution < 1.29 is 10.0 Å². The Hall–Kier alpha value is -1.62. The smallest absolute Gasteiger partial charge is 0.275 e. The molecule has 19 heavy (non-hydrogen) atoms. The highest BCUT2D eigenvalue weighted by atomic mass is 16.6. The van der Waals surface area contributed by atoms with Crippen molar-refractivity contribution in [3.05, 3.63) is 33.9 Å². The Balaban J connectivity index is 2.31. The molecule has 0 amide bonds. The zero-order valence-electron chi connectivity index (χ0n) is 11.2. The van der Waals surface area contributed by atoms with E-state index in [1.807, 2.05) is 0 Å². The Labute approximate surface area is 113 Å². The highest BCUT2D eigenvalue weighted by Gasteiger charge is 2.23. The first kappa shape index (κ1) is 13.8.